The second-order valence-electron chi connectivity index (χ2n) is 2.71. The number of benzene rings is 1. The molecule has 0 aliphatic rings. The van der Waals surface area contributed by atoms with Gasteiger partial charge in [-0.15, -0.1) is 5.10 Å². The molecule has 13 heavy (non-hydrogen) atoms. The highest BCUT2D eigenvalue weighted by molar-refractivity contribution is 5.41. The Morgan fingerprint density at radius 2 is 2.00 bits per heavy atom. The topological polar surface area (TPSA) is 42.7 Å². The quantitative estimate of drug-likeness (QED) is 0.749. The summed E-state index contributed by atoms with van der Waals surface area (Å²) in [4.78, 5) is 5.59. The minimum Gasteiger partial charge on any atom is -0.277 e. The highest BCUT2D eigenvalue weighted by Gasteiger charge is 1.93. The van der Waals surface area contributed by atoms with Crippen LogP contribution in [0, 0.1) is 6.92 Å². The van der Waals surface area contributed by atoms with E-state index in [2.05, 4.69) is 15.5 Å². The van der Waals surface area contributed by atoms with Crippen molar-refractivity contribution in [3.8, 4) is 0 Å². The van der Waals surface area contributed by atoms with Crippen LogP contribution in [0.3, 0.4) is 0 Å². The molecule has 0 unspecified atom stereocenters. The van der Waals surface area contributed by atoms with E-state index in [0.717, 1.165) is 11.5 Å². The second kappa shape index (κ2) is 3.26. The van der Waals surface area contributed by atoms with Crippen LogP contribution < -0.4 is 5.43 Å². The summed E-state index contributed by atoms with van der Waals surface area (Å²) in [6.07, 6.45) is 1.64. The van der Waals surface area contributed by atoms with Gasteiger partial charge in [-0.2, -0.15) is 4.79 Å². The largest absolute Gasteiger partial charge is 0.277 e. The summed E-state index contributed by atoms with van der Waals surface area (Å²) in [7, 11) is 0. The summed E-state index contributed by atoms with van der Waals surface area (Å²) in [5, 5.41) is 4.10. The minimum absolute atomic E-state index is 0.753. The van der Waals surface area contributed by atoms with E-state index >= 15 is 0 Å². The first-order chi connectivity index (χ1) is 6.34. The lowest BCUT2D eigenvalue weighted by atomic mass is 10.3. The molecule has 0 amide bonds. The van der Waals surface area contributed by atoms with Crippen LogP contribution in [-0.2, 0) is 0 Å². The number of nitrogens with zero attached hydrogens (tertiary/aromatic N) is 3. The van der Waals surface area contributed by atoms with Crippen LogP contribution in [0.25, 0.3) is 0 Å². The lowest BCUT2D eigenvalue weighted by molar-refractivity contribution is 0.790. The van der Waals surface area contributed by atoms with Gasteiger partial charge in [0, 0.05) is 0 Å². The molecule has 1 heterocycles. The fourth-order valence-electron chi connectivity index (χ4n) is 1.04. The molecule has 0 aliphatic heterocycles. The summed E-state index contributed by atoms with van der Waals surface area (Å²) in [5.74, 6) is 0.753. The molecular formula is C9H10N4. The molecule has 0 fully saturated rings. The van der Waals surface area contributed by atoms with E-state index in [1.807, 2.05) is 37.3 Å². The van der Waals surface area contributed by atoms with Gasteiger partial charge in [0.2, 0.25) is 0 Å². The summed E-state index contributed by atoms with van der Waals surface area (Å²) in [6, 6.07) is 9.84. The zero-order valence-corrected chi connectivity index (χ0v) is 7.31. The van der Waals surface area contributed by atoms with Crippen molar-refractivity contribution < 1.29 is 0 Å². The Kier molecular flexibility index (Phi) is 1.96. The minimum atomic E-state index is 0.753. The maximum Gasteiger partial charge on any atom is 0.149 e. The highest BCUT2D eigenvalue weighted by Crippen LogP contribution is 2.04. The zero-order valence-electron chi connectivity index (χ0n) is 7.31. The first kappa shape index (κ1) is 7.79. The van der Waals surface area contributed by atoms with E-state index < -0.39 is 0 Å². The van der Waals surface area contributed by atoms with Gasteiger partial charge >= 0.3 is 0 Å². The molecule has 0 saturated heterocycles. The van der Waals surface area contributed by atoms with Gasteiger partial charge in [0.15, 0.2) is 0 Å². The van der Waals surface area contributed by atoms with Gasteiger partial charge in [0.1, 0.15) is 12.2 Å². The predicted molar refractivity (Wildman–Crippen MR) is 50.2 cm³/mol. The van der Waals surface area contributed by atoms with Crippen molar-refractivity contribution in [1.82, 2.24) is 14.9 Å². The molecule has 0 atom stereocenters. The number of aryl methyl sites for hydroxylation is 1. The van der Waals surface area contributed by atoms with E-state index in [-0.39, 0.29) is 0 Å². The maximum atomic E-state index is 4.10. The van der Waals surface area contributed by atoms with Crippen molar-refractivity contribution in [3.63, 3.8) is 0 Å². The summed E-state index contributed by atoms with van der Waals surface area (Å²) < 4.78 is 0. The van der Waals surface area contributed by atoms with Crippen molar-refractivity contribution in [1.29, 1.82) is 0 Å². The average Bonchev–Trinajstić information content (AvgIpc) is 2.53. The van der Waals surface area contributed by atoms with Gasteiger partial charge < -0.3 is 0 Å². The van der Waals surface area contributed by atoms with Crippen molar-refractivity contribution in [3.05, 3.63) is 42.5 Å². The number of para-hydroxylation sites is 1. The number of rotatable bonds is 2. The summed E-state index contributed by atoms with van der Waals surface area (Å²) >= 11 is 0. The van der Waals surface area contributed by atoms with E-state index in [0.29, 0.717) is 0 Å². The molecule has 2 rings (SSSR count). The van der Waals surface area contributed by atoms with Crippen molar-refractivity contribution in [2.45, 2.75) is 6.92 Å². The van der Waals surface area contributed by atoms with Gasteiger partial charge in [0.25, 0.3) is 0 Å². The van der Waals surface area contributed by atoms with Crippen LogP contribution in [0.1, 0.15) is 5.82 Å². The molecular weight excluding hydrogens is 164 g/mol. The first-order valence-corrected chi connectivity index (χ1v) is 4.05. The molecule has 1 aromatic carbocycles. The van der Waals surface area contributed by atoms with Crippen LogP contribution in [0.15, 0.2) is 36.7 Å². The van der Waals surface area contributed by atoms with E-state index in [1.165, 1.54) is 0 Å². The second-order valence-corrected chi connectivity index (χ2v) is 2.71. The molecule has 0 radical (unpaired) electrons. The third-order valence-electron chi connectivity index (χ3n) is 1.62. The Labute approximate surface area is 76.2 Å². The summed E-state index contributed by atoms with van der Waals surface area (Å²) in [6.45, 7) is 1.85. The van der Waals surface area contributed by atoms with Crippen LogP contribution in [0.5, 0.6) is 0 Å². The highest BCUT2D eigenvalue weighted by atomic mass is 15.6. The number of nitrogens with one attached hydrogen (secondary N) is 1. The van der Waals surface area contributed by atoms with Crippen LogP contribution >= 0.6 is 0 Å². The number of hydrogen-bond donors (Lipinski definition) is 1. The Balaban J connectivity index is 2.15. The monoisotopic (exact) mass is 174 g/mol. The van der Waals surface area contributed by atoms with Crippen LogP contribution in [0.4, 0.5) is 5.69 Å². The molecule has 0 aliphatic carbocycles. The standard InChI is InChI=1S/C9H10N4/c1-8-10-7-13(11-8)12-9-5-3-2-4-6-9/h2-7,12H,1H3. The molecule has 0 spiro atoms. The van der Waals surface area contributed by atoms with E-state index in [4.69, 9.17) is 0 Å². The molecule has 1 aromatic heterocycles. The van der Waals surface area contributed by atoms with Gasteiger partial charge in [-0.1, -0.05) is 18.2 Å². The number of hydrogen-bond acceptors (Lipinski definition) is 3. The normalized spacial score (nSPS) is 9.92. The fourth-order valence-corrected chi connectivity index (χ4v) is 1.04. The maximum absolute atomic E-state index is 4.10. The van der Waals surface area contributed by atoms with Gasteiger partial charge in [-0.25, -0.2) is 4.98 Å². The lowest BCUT2D eigenvalue weighted by Gasteiger charge is -2.03. The Morgan fingerprint density at radius 1 is 1.23 bits per heavy atom. The van der Waals surface area contributed by atoms with Crippen molar-refractivity contribution >= 4 is 5.69 Å². The van der Waals surface area contributed by atoms with Crippen LogP contribution in [-0.4, -0.2) is 14.9 Å². The SMILES string of the molecule is Cc1ncn(Nc2ccccc2)n1. The molecule has 4 heteroatoms. The Bertz CT molecular complexity index is 380. The fraction of sp³-hybridized carbons (Fsp3) is 0.111. The molecule has 2 aromatic rings. The van der Waals surface area contributed by atoms with Gasteiger partial charge in [-0.05, 0) is 19.1 Å². The first-order valence-electron chi connectivity index (χ1n) is 4.05. The van der Waals surface area contributed by atoms with E-state index in [9.17, 15) is 0 Å². The van der Waals surface area contributed by atoms with Crippen molar-refractivity contribution in [2.24, 2.45) is 0 Å². The zero-order chi connectivity index (χ0) is 9.10. The third kappa shape index (κ3) is 1.84. The molecule has 0 bridgehead atoms. The molecule has 0 saturated carbocycles. The predicted octanol–water partition coefficient (Wildman–Crippen LogP) is 1.46. The average molecular weight is 174 g/mol. The van der Waals surface area contributed by atoms with Gasteiger partial charge in [0.05, 0.1) is 5.69 Å². The van der Waals surface area contributed by atoms with E-state index in [1.54, 1.807) is 11.1 Å². The number of anilines is 1. The lowest BCUT2D eigenvalue weighted by Crippen LogP contribution is -2.09. The summed E-state index contributed by atoms with van der Waals surface area (Å²) in [5.41, 5.74) is 4.06. The smallest absolute Gasteiger partial charge is 0.149 e. The van der Waals surface area contributed by atoms with Crippen molar-refractivity contribution in [2.75, 3.05) is 5.43 Å². The molecule has 4 nitrogen and oxygen atoms in total. The Morgan fingerprint density at radius 3 is 2.62 bits per heavy atom. The number of aromatic nitrogens is 3. The van der Waals surface area contributed by atoms with Gasteiger partial charge in [-0.3, -0.25) is 5.43 Å². The van der Waals surface area contributed by atoms with Crippen LogP contribution in [0.2, 0.25) is 0 Å². The third-order valence-corrected chi connectivity index (χ3v) is 1.62. The Hall–Kier alpha value is -1.84. The molecule has 66 valence electrons. The molecule has 1 N–H and O–H groups in total.